The van der Waals surface area contributed by atoms with E-state index < -0.39 is 11.9 Å². The van der Waals surface area contributed by atoms with Crippen molar-refractivity contribution in [1.29, 1.82) is 0 Å². The second kappa shape index (κ2) is 8.51. The SMILES string of the molecule is CN1CC[C@@]2(CNC(=O)c3cn(-c4ccc5c(c4)C(=O)N(C4CCC(=O)NC4=O)C5)nn3)CCC[C@@H]12. The number of hydrogen-bond donors (Lipinski definition) is 2. The van der Waals surface area contributed by atoms with Crippen molar-refractivity contribution in [2.24, 2.45) is 5.41 Å². The lowest BCUT2D eigenvalue weighted by Crippen LogP contribution is -2.52. The van der Waals surface area contributed by atoms with Crippen molar-refractivity contribution in [1.82, 2.24) is 35.4 Å². The highest BCUT2D eigenvalue weighted by molar-refractivity contribution is 6.05. The average Bonchev–Trinajstić information content (AvgIpc) is 3.63. The Kier molecular flexibility index (Phi) is 5.40. The van der Waals surface area contributed by atoms with Crippen LogP contribution in [0.25, 0.3) is 5.69 Å². The molecule has 188 valence electrons. The molecule has 4 aliphatic rings. The fourth-order valence-corrected chi connectivity index (χ4v) is 6.48. The largest absolute Gasteiger partial charge is 0.350 e. The molecule has 1 aromatic heterocycles. The Balaban J connectivity index is 1.14. The van der Waals surface area contributed by atoms with Gasteiger partial charge in [-0.1, -0.05) is 17.7 Å². The number of carbonyl (C=O) groups is 4. The van der Waals surface area contributed by atoms with Gasteiger partial charge in [-0.15, -0.1) is 5.10 Å². The van der Waals surface area contributed by atoms with Crippen LogP contribution < -0.4 is 10.6 Å². The lowest BCUT2D eigenvalue weighted by molar-refractivity contribution is -0.136. The van der Waals surface area contributed by atoms with E-state index >= 15 is 0 Å². The van der Waals surface area contributed by atoms with Gasteiger partial charge in [0.15, 0.2) is 5.69 Å². The average molecular weight is 492 g/mol. The van der Waals surface area contributed by atoms with Gasteiger partial charge in [0, 0.05) is 36.5 Å². The molecule has 1 aromatic carbocycles. The van der Waals surface area contributed by atoms with E-state index in [1.165, 1.54) is 22.4 Å². The normalized spacial score (nSPS) is 27.8. The maximum Gasteiger partial charge on any atom is 0.273 e. The molecule has 0 radical (unpaired) electrons. The predicted molar refractivity (Wildman–Crippen MR) is 127 cm³/mol. The number of carbonyl (C=O) groups excluding carboxylic acids is 4. The van der Waals surface area contributed by atoms with Gasteiger partial charge in [-0.05, 0) is 57.0 Å². The standard InChI is InChI=1S/C25H29N7O4/c1-30-10-9-25(8-2-3-20(25)30)14-26-22(34)18-13-32(29-28-18)16-5-4-15-12-31(24(36)17(15)11-16)19-6-7-21(33)27-23(19)35/h4-5,11,13,19-20H,2-3,6-10,12,14H2,1H3,(H,26,34)(H,27,33,35)/t19?,20-,25-/m1/s1. The number of benzene rings is 1. The summed E-state index contributed by atoms with van der Waals surface area (Å²) < 4.78 is 1.48. The first-order valence-electron chi connectivity index (χ1n) is 12.5. The van der Waals surface area contributed by atoms with Crippen LogP contribution in [0, 0.1) is 5.41 Å². The van der Waals surface area contributed by atoms with Gasteiger partial charge in [-0.3, -0.25) is 24.5 Å². The van der Waals surface area contributed by atoms with E-state index in [0.717, 1.165) is 24.9 Å². The molecule has 36 heavy (non-hydrogen) atoms. The van der Waals surface area contributed by atoms with Crippen molar-refractivity contribution in [3.8, 4) is 5.69 Å². The maximum atomic E-state index is 13.1. The third-order valence-electron chi connectivity index (χ3n) is 8.46. The van der Waals surface area contributed by atoms with Crippen LogP contribution in [0.1, 0.15) is 64.9 Å². The molecular formula is C25H29N7O4. The molecule has 4 heterocycles. The van der Waals surface area contributed by atoms with Crippen LogP contribution in [-0.4, -0.2) is 80.6 Å². The highest BCUT2D eigenvalue weighted by Gasteiger charge is 2.49. The molecule has 2 saturated heterocycles. The topological polar surface area (TPSA) is 130 Å². The molecule has 11 heteroatoms. The van der Waals surface area contributed by atoms with E-state index in [0.29, 0.717) is 36.8 Å². The zero-order chi connectivity index (χ0) is 25.0. The van der Waals surface area contributed by atoms with Gasteiger partial charge in [0.2, 0.25) is 11.8 Å². The summed E-state index contributed by atoms with van der Waals surface area (Å²) in [6, 6.07) is 5.21. The van der Waals surface area contributed by atoms with Gasteiger partial charge in [0.05, 0.1) is 11.9 Å². The minimum Gasteiger partial charge on any atom is -0.350 e. The van der Waals surface area contributed by atoms with Crippen LogP contribution in [0.15, 0.2) is 24.4 Å². The summed E-state index contributed by atoms with van der Waals surface area (Å²) in [4.78, 5) is 53.6. The highest BCUT2D eigenvalue weighted by Crippen LogP contribution is 2.47. The highest BCUT2D eigenvalue weighted by atomic mass is 16.2. The Morgan fingerprint density at radius 1 is 1.22 bits per heavy atom. The molecule has 2 aromatic rings. The van der Waals surface area contributed by atoms with Crippen molar-refractivity contribution >= 4 is 23.6 Å². The number of amides is 4. The van der Waals surface area contributed by atoms with Crippen LogP contribution in [0.3, 0.4) is 0 Å². The van der Waals surface area contributed by atoms with Gasteiger partial charge in [0.25, 0.3) is 11.8 Å². The van der Waals surface area contributed by atoms with E-state index in [-0.39, 0.29) is 35.3 Å². The number of rotatable bonds is 5. The number of piperidine rings is 1. The van der Waals surface area contributed by atoms with Gasteiger partial charge in [0.1, 0.15) is 6.04 Å². The number of aromatic nitrogens is 3. The minimum absolute atomic E-state index is 0.148. The first-order chi connectivity index (χ1) is 17.3. The Hall–Kier alpha value is -3.60. The smallest absolute Gasteiger partial charge is 0.273 e. The summed E-state index contributed by atoms with van der Waals surface area (Å²) in [6.45, 7) is 2.01. The van der Waals surface area contributed by atoms with Crippen molar-refractivity contribution in [2.75, 3.05) is 20.1 Å². The van der Waals surface area contributed by atoms with E-state index in [1.807, 2.05) is 12.1 Å². The molecule has 1 aliphatic carbocycles. The van der Waals surface area contributed by atoms with Gasteiger partial charge in [-0.2, -0.15) is 0 Å². The summed E-state index contributed by atoms with van der Waals surface area (Å²) in [5, 5.41) is 13.6. The zero-order valence-electron chi connectivity index (χ0n) is 20.2. The van der Waals surface area contributed by atoms with Crippen LogP contribution >= 0.6 is 0 Å². The van der Waals surface area contributed by atoms with E-state index in [4.69, 9.17) is 0 Å². The van der Waals surface area contributed by atoms with Crippen LogP contribution in [0.2, 0.25) is 0 Å². The lowest BCUT2D eigenvalue weighted by atomic mass is 9.82. The number of imide groups is 1. The summed E-state index contributed by atoms with van der Waals surface area (Å²) in [6.07, 6.45) is 6.70. The molecule has 3 atom stereocenters. The molecule has 6 rings (SSSR count). The first kappa shape index (κ1) is 22.8. The quantitative estimate of drug-likeness (QED) is 0.587. The summed E-state index contributed by atoms with van der Waals surface area (Å²) in [5.41, 5.74) is 2.26. The predicted octanol–water partition coefficient (Wildman–Crippen LogP) is 0.633. The Bertz CT molecular complexity index is 1270. The van der Waals surface area contributed by atoms with Gasteiger partial charge >= 0.3 is 0 Å². The third-order valence-corrected chi connectivity index (χ3v) is 8.46. The molecule has 11 nitrogen and oxygen atoms in total. The summed E-state index contributed by atoms with van der Waals surface area (Å²) in [5.74, 6) is -1.26. The molecule has 1 unspecified atom stereocenters. The molecule has 3 fully saturated rings. The fourth-order valence-electron chi connectivity index (χ4n) is 6.48. The van der Waals surface area contributed by atoms with Crippen LogP contribution in [-0.2, 0) is 16.1 Å². The first-order valence-corrected chi connectivity index (χ1v) is 12.5. The van der Waals surface area contributed by atoms with E-state index in [1.54, 1.807) is 12.3 Å². The Morgan fingerprint density at radius 3 is 2.92 bits per heavy atom. The zero-order valence-corrected chi connectivity index (χ0v) is 20.2. The van der Waals surface area contributed by atoms with Crippen molar-refractivity contribution in [3.63, 3.8) is 0 Å². The van der Waals surface area contributed by atoms with Crippen molar-refractivity contribution in [3.05, 3.63) is 41.2 Å². The lowest BCUT2D eigenvalue weighted by Gasteiger charge is -2.31. The number of likely N-dealkylation sites (tertiary alicyclic amines) is 1. The van der Waals surface area contributed by atoms with Crippen LogP contribution in [0.4, 0.5) is 0 Å². The summed E-state index contributed by atoms with van der Waals surface area (Å²) in [7, 11) is 2.16. The second-order valence-electron chi connectivity index (χ2n) is 10.5. The maximum absolute atomic E-state index is 13.1. The molecule has 4 amide bonds. The molecule has 2 N–H and O–H groups in total. The second-order valence-corrected chi connectivity index (χ2v) is 10.5. The van der Waals surface area contributed by atoms with Crippen molar-refractivity contribution in [2.45, 2.75) is 57.2 Å². The molecule has 0 spiro atoms. The van der Waals surface area contributed by atoms with Crippen molar-refractivity contribution < 1.29 is 19.2 Å². The monoisotopic (exact) mass is 491 g/mol. The van der Waals surface area contributed by atoms with Crippen LogP contribution in [0.5, 0.6) is 0 Å². The van der Waals surface area contributed by atoms with Gasteiger partial charge in [-0.25, -0.2) is 4.68 Å². The minimum atomic E-state index is -0.661. The number of nitrogens with zero attached hydrogens (tertiary/aromatic N) is 5. The third kappa shape index (κ3) is 3.69. The van der Waals surface area contributed by atoms with Gasteiger partial charge < -0.3 is 15.1 Å². The number of hydrogen-bond acceptors (Lipinski definition) is 7. The molecular weight excluding hydrogens is 462 g/mol. The van der Waals surface area contributed by atoms with E-state index in [2.05, 4.69) is 32.9 Å². The Morgan fingerprint density at radius 2 is 2.08 bits per heavy atom. The van der Waals surface area contributed by atoms with E-state index in [9.17, 15) is 19.2 Å². The molecule has 1 saturated carbocycles. The summed E-state index contributed by atoms with van der Waals surface area (Å²) >= 11 is 0. The fraction of sp³-hybridized carbons (Fsp3) is 0.520. The molecule has 3 aliphatic heterocycles. The Labute approximate surface area is 208 Å². The number of nitrogens with one attached hydrogen (secondary N) is 2. The number of fused-ring (bicyclic) bond motifs is 2. The molecule has 0 bridgehead atoms.